The first-order valence-corrected chi connectivity index (χ1v) is 10.4. The number of piperazine rings is 1. The highest BCUT2D eigenvalue weighted by atomic mass is 32.1. The number of anilines is 1. The number of amides is 1. The summed E-state index contributed by atoms with van der Waals surface area (Å²) in [5.74, 6) is 0.898. The summed E-state index contributed by atoms with van der Waals surface area (Å²) in [6, 6.07) is 8.21. The van der Waals surface area contributed by atoms with E-state index in [1.807, 2.05) is 30.4 Å². The molecule has 150 valence electrons. The molecule has 0 unspecified atom stereocenters. The predicted octanol–water partition coefficient (Wildman–Crippen LogP) is 2.97. The second-order valence-electron chi connectivity index (χ2n) is 7.10. The van der Waals surface area contributed by atoms with Gasteiger partial charge in [-0.1, -0.05) is 36.5 Å². The molecule has 0 spiro atoms. The minimum absolute atomic E-state index is 0.0419. The van der Waals surface area contributed by atoms with E-state index in [-0.39, 0.29) is 5.91 Å². The number of allylic oxidation sites excluding steroid dienone is 3. The minimum atomic E-state index is -0.0419. The SMILES string of the molecule is COc1ccccc1N1CCN(CCCCNC(=O)C2=CC=CCC2=S)CC1. The number of ether oxygens (including phenoxy) is 1. The van der Waals surface area contributed by atoms with Crippen molar-refractivity contribution in [1.82, 2.24) is 10.2 Å². The zero-order valence-corrected chi connectivity index (χ0v) is 17.3. The molecule has 1 saturated heterocycles. The number of thiocarbonyl (C=S) groups is 1. The van der Waals surface area contributed by atoms with Crippen molar-refractivity contribution in [1.29, 1.82) is 0 Å². The van der Waals surface area contributed by atoms with Crippen LogP contribution < -0.4 is 15.0 Å². The molecule has 1 aromatic rings. The summed E-state index contributed by atoms with van der Waals surface area (Å²) in [5.41, 5.74) is 1.82. The van der Waals surface area contributed by atoms with Gasteiger partial charge in [-0.25, -0.2) is 0 Å². The van der Waals surface area contributed by atoms with Gasteiger partial charge in [0, 0.05) is 44.0 Å². The molecule has 0 aromatic heterocycles. The fourth-order valence-electron chi connectivity index (χ4n) is 3.61. The summed E-state index contributed by atoms with van der Waals surface area (Å²) >= 11 is 5.25. The number of benzene rings is 1. The van der Waals surface area contributed by atoms with E-state index < -0.39 is 0 Å². The molecule has 28 heavy (non-hydrogen) atoms. The maximum absolute atomic E-state index is 12.2. The van der Waals surface area contributed by atoms with Crippen LogP contribution in [0.1, 0.15) is 19.3 Å². The van der Waals surface area contributed by atoms with Crippen molar-refractivity contribution in [3.05, 3.63) is 48.1 Å². The van der Waals surface area contributed by atoms with Gasteiger partial charge in [0.1, 0.15) is 5.75 Å². The highest BCUT2D eigenvalue weighted by Gasteiger charge is 2.19. The van der Waals surface area contributed by atoms with Gasteiger partial charge in [-0.2, -0.15) is 0 Å². The number of nitrogens with one attached hydrogen (secondary N) is 1. The lowest BCUT2D eigenvalue weighted by Gasteiger charge is -2.36. The maximum Gasteiger partial charge on any atom is 0.252 e. The molecule has 1 fully saturated rings. The van der Waals surface area contributed by atoms with E-state index in [2.05, 4.69) is 27.2 Å². The second-order valence-corrected chi connectivity index (χ2v) is 7.59. The standard InChI is InChI=1S/C22H29N3O2S/c1-27-20-10-4-3-9-19(20)25-16-14-24(15-17-25)13-7-6-12-23-22(26)18-8-2-5-11-21(18)28/h2-5,8-10H,6-7,11-17H2,1H3,(H,23,26). The molecule has 3 rings (SSSR count). The van der Waals surface area contributed by atoms with E-state index in [4.69, 9.17) is 17.0 Å². The number of carbonyl (C=O) groups is 1. The van der Waals surface area contributed by atoms with Crippen LogP contribution in [-0.4, -0.2) is 62.0 Å². The quantitative estimate of drug-likeness (QED) is 0.538. The summed E-state index contributed by atoms with van der Waals surface area (Å²) in [6.07, 6.45) is 8.44. The highest BCUT2D eigenvalue weighted by Crippen LogP contribution is 2.28. The van der Waals surface area contributed by atoms with E-state index >= 15 is 0 Å². The number of rotatable bonds is 8. The molecule has 1 amide bonds. The van der Waals surface area contributed by atoms with Crippen LogP contribution in [0.15, 0.2) is 48.1 Å². The minimum Gasteiger partial charge on any atom is -0.495 e. The van der Waals surface area contributed by atoms with Crippen molar-refractivity contribution in [2.24, 2.45) is 0 Å². The molecule has 1 heterocycles. The Balaban J connectivity index is 1.33. The van der Waals surface area contributed by atoms with Crippen LogP contribution in [0.3, 0.4) is 0 Å². The molecular formula is C22H29N3O2S. The number of para-hydroxylation sites is 2. The molecule has 1 aromatic carbocycles. The zero-order valence-electron chi connectivity index (χ0n) is 16.5. The number of methoxy groups -OCH3 is 1. The van der Waals surface area contributed by atoms with Gasteiger partial charge in [0.15, 0.2) is 0 Å². The zero-order chi connectivity index (χ0) is 19.8. The number of unbranched alkanes of at least 4 members (excludes halogenated alkanes) is 1. The van der Waals surface area contributed by atoms with Crippen LogP contribution in [0, 0.1) is 0 Å². The Labute approximate surface area is 173 Å². The van der Waals surface area contributed by atoms with E-state index in [0.717, 1.165) is 56.2 Å². The first-order chi connectivity index (χ1) is 13.7. The fourth-order valence-corrected chi connectivity index (χ4v) is 3.86. The third-order valence-electron chi connectivity index (χ3n) is 5.23. The Morgan fingerprint density at radius 3 is 2.71 bits per heavy atom. The van der Waals surface area contributed by atoms with E-state index in [1.54, 1.807) is 7.11 Å². The molecule has 0 bridgehead atoms. The highest BCUT2D eigenvalue weighted by molar-refractivity contribution is 7.81. The Hall–Kier alpha value is -2.18. The number of nitrogens with zero attached hydrogens (tertiary/aromatic N) is 2. The van der Waals surface area contributed by atoms with Crippen LogP contribution >= 0.6 is 12.2 Å². The Bertz CT molecular complexity index is 752. The number of hydrogen-bond acceptors (Lipinski definition) is 5. The molecule has 1 N–H and O–H groups in total. The first-order valence-electron chi connectivity index (χ1n) is 9.97. The van der Waals surface area contributed by atoms with Crippen LogP contribution in [0.4, 0.5) is 5.69 Å². The lowest BCUT2D eigenvalue weighted by molar-refractivity contribution is -0.117. The van der Waals surface area contributed by atoms with Gasteiger partial charge < -0.3 is 15.0 Å². The summed E-state index contributed by atoms with van der Waals surface area (Å²) in [4.78, 5) is 17.8. The third kappa shape index (κ3) is 5.42. The van der Waals surface area contributed by atoms with Crippen LogP contribution in [0.2, 0.25) is 0 Å². The van der Waals surface area contributed by atoms with E-state index in [1.165, 1.54) is 5.69 Å². The van der Waals surface area contributed by atoms with Gasteiger partial charge in [-0.15, -0.1) is 0 Å². The van der Waals surface area contributed by atoms with Crippen molar-refractivity contribution < 1.29 is 9.53 Å². The summed E-state index contributed by atoms with van der Waals surface area (Å²) in [7, 11) is 1.73. The average molecular weight is 400 g/mol. The normalized spacial score (nSPS) is 17.4. The van der Waals surface area contributed by atoms with Gasteiger partial charge in [0.25, 0.3) is 5.91 Å². The third-order valence-corrected chi connectivity index (χ3v) is 5.62. The summed E-state index contributed by atoms with van der Waals surface area (Å²) in [6.45, 7) is 5.89. The predicted molar refractivity (Wildman–Crippen MR) is 118 cm³/mol. The molecular weight excluding hydrogens is 370 g/mol. The molecule has 5 nitrogen and oxygen atoms in total. The molecule has 0 saturated carbocycles. The topological polar surface area (TPSA) is 44.8 Å². The van der Waals surface area contributed by atoms with Crippen LogP contribution in [-0.2, 0) is 4.79 Å². The van der Waals surface area contributed by atoms with Gasteiger partial charge in [0.2, 0.25) is 0 Å². The Kier molecular flexibility index (Phi) is 7.62. The fraction of sp³-hybridized carbons (Fsp3) is 0.455. The van der Waals surface area contributed by atoms with Crippen molar-refractivity contribution >= 4 is 28.7 Å². The summed E-state index contributed by atoms with van der Waals surface area (Å²) in [5, 5.41) is 2.99. The number of hydrogen-bond donors (Lipinski definition) is 1. The first kappa shape index (κ1) is 20.6. The average Bonchev–Trinajstić information content (AvgIpc) is 2.74. The molecule has 0 radical (unpaired) electrons. The molecule has 0 atom stereocenters. The Morgan fingerprint density at radius 2 is 1.96 bits per heavy atom. The van der Waals surface area contributed by atoms with E-state index in [0.29, 0.717) is 18.5 Å². The van der Waals surface area contributed by atoms with Crippen molar-refractivity contribution in [3.8, 4) is 5.75 Å². The Morgan fingerprint density at radius 1 is 1.18 bits per heavy atom. The van der Waals surface area contributed by atoms with Crippen LogP contribution in [0.5, 0.6) is 5.75 Å². The van der Waals surface area contributed by atoms with Gasteiger partial charge >= 0.3 is 0 Å². The monoisotopic (exact) mass is 399 g/mol. The molecule has 1 aliphatic carbocycles. The molecule has 1 aliphatic heterocycles. The molecule has 6 heteroatoms. The largest absolute Gasteiger partial charge is 0.495 e. The van der Waals surface area contributed by atoms with Crippen LogP contribution in [0.25, 0.3) is 0 Å². The molecule has 2 aliphatic rings. The van der Waals surface area contributed by atoms with Crippen molar-refractivity contribution in [3.63, 3.8) is 0 Å². The summed E-state index contributed by atoms with van der Waals surface area (Å²) < 4.78 is 5.48. The van der Waals surface area contributed by atoms with Crippen molar-refractivity contribution in [2.75, 3.05) is 51.3 Å². The number of carbonyl (C=O) groups excluding carboxylic acids is 1. The van der Waals surface area contributed by atoms with Gasteiger partial charge in [0.05, 0.1) is 18.4 Å². The maximum atomic E-state index is 12.2. The lowest BCUT2D eigenvalue weighted by Crippen LogP contribution is -2.46. The van der Waals surface area contributed by atoms with E-state index in [9.17, 15) is 4.79 Å². The second kappa shape index (κ2) is 10.4. The lowest BCUT2D eigenvalue weighted by atomic mass is 10.0. The van der Waals surface area contributed by atoms with Gasteiger partial charge in [-0.3, -0.25) is 9.69 Å². The van der Waals surface area contributed by atoms with Crippen molar-refractivity contribution in [2.45, 2.75) is 19.3 Å². The van der Waals surface area contributed by atoms with Gasteiger partial charge in [-0.05, 0) is 37.6 Å². The smallest absolute Gasteiger partial charge is 0.252 e.